The van der Waals surface area contributed by atoms with Crippen LogP contribution in [-0.2, 0) is 24.0 Å². The van der Waals surface area contributed by atoms with Crippen LogP contribution in [0, 0.1) is 0 Å². The number of carbonyl (C=O) groups is 5. The Morgan fingerprint density at radius 3 is 2.03 bits per heavy atom. The van der Waals surface area contributed by atoms with Gasteiger partial charge in [-0.3, -0.25) is 19.2 Å². The Kier molecular flexibility index (Phi) is 12.6. The van der Waals surface area contributed by atoms with E-state index in [1.807, 2.05) is 0 Å². The largest absolute Gasteiger partial charge is 0.480 e. The molecule has 0 aliphatic heterocycles. The molecule has 0 aliphatic carbocycles. The summed E-state index contributed by atoms with van der Waals surface area (Å²) in [6.07, 6.45) is 0.954. The summed E-state index contributed by atoms with van der Waals surface area (Å²) in [5, 5.41) is 16.0. The van der Waals surface area contributed by atoms with Crippen LogP contribution >= 0.6 is 12.6 Å². The van der Waals surface area contributed by atoms with Crippen molar-refractivity contribution in [1.29, 1.82) is 0 Å². The predicted octanol–water partition coefficient (Wildman–Crippen LogP) is -3.19. The van der Waals surface area contributed by atoms with Crippen LogP contribution in [-0.4, -0.2) is 71.2 Å². The van der Waals surface area contributed by atoms with E-state index in [0.717, 1.165) is 0 Å². The minimum Gasteiger partial charge on any atom is -0.480 e. The first-order valence-electron chi connectivity index (χ1n) is 9.02. The first-order valence-corrected chi connectivity index (χ1v) is 9.65. The quantitative estimate of drug-likeness (QED) is 0.102. The third-order valence-electron chi connectivity index (χ3n) is 3.89. The average molecular weight is 435 g/mol. The van der Waals surface area contributed by atoms with Crippen molar-refractivity contribution in [2.24, 2.45) is 17.2 Å². The molecule has 0 heterocycles. The average Bonchev–Trinajstić information content (AvgIpc) is 2.63. The molecule has 166 valence electrons. The lowest BCUT2D eigenvalue weighted by Gasteiger charge is -2.23. The summed E-state index contributed by atoms with van der Waals surface area (Å²) in [7, 11) is 0. The second-order valence-electron chi connectivity index (χ2n) is 6.43. The Morgan fingerprint density at radius 2 is 1.55 bits per heavy atom. The van der Waals surface area contributed by atoms with Gasteiger partial charge in [-0.1, -0.05) is 0 Å². The molecule has 0 spiro atoms. The van der Waals surface area contributed by atoms with Gasteiger partial charge in [0.15, 0.2) is 0 Å². The number of rotatable bonds is 14. The molecule has 0 aromatic rings. The van der Waals surface area contributed by atoms with E-state index in [0.29, 0.717) is 19.4 Å². The fraction of sp³-hybridized carbons (Fsp3) is 0.688. The molecule has 4 atom stereocenters. The molecule has 0 fully saturated rings. The maximum Gasteiger partial charge on any atom is 0.327 e. The number of carbonyl (C=O) groups excluding carboxylic acids is 4. The summed E-state index contributed by atoms with van der Waals surface area (Å²) in [4.78, 5) is 58.6. The van der Waals surface area contributed by atoms with Crippen molar-refractivity contribution in [2.75, 3.05) is 12.3 Å². The van der Waals surface area contributed by atoms with E-state index in [4.69, 9.17) is 22.3 Å². The highest BCUT2D eigenvalue weighted by Gasteiger charge is 2.28. The van der Waals surface area contributed by atoms with Gasteiger partial charge in [0.1, 0.15) is 18.1 Å². The SMILES string of the molecule is CC(NC(=O)C(CCCCN)NC(=O)C(N)CC(N)=O)C(=O)NC(CS)C(=O)O. The lowest BCUT2D eigenvalue weighted by Crippen LogP contribution is -2.56. The second kappa shape index (κ2) is 13.7. The van der Waals surface area contributed by atoms with Crippen LogP contribution < -0.4 is 33.2 Å². The maximum atomic E-state index is 12.5. The summed E-state index contributed by atoms with van der Waals surface area (Å²) >= 11 is 3.84. The van der Waals surface area contributed by atoms with Crippen molar-refractivity contribution in [3.8, 4) is 0 Å². The molecule has 0 aromatic carbocycles. The molecule has 0 aliphatic rings. The van der Waals surface area contributed by atoms with E-state index in [9.17, 15) is 24.0 Å². The van der Waals surface area contributed by atoms with Crippen LogP contribution in [0.5, 0.6) is 0 Å². The molecule has 10 N–H and O–H groups in total. The Labute approximate surface area is 174 Å². The van der Waals surface area contributed by atoms with Gasteiger partial charge in [-0.05, 0) is 32.7 Å². The van der Waals surface area contributed by atoms with Gasteiger partial charge in [0.2, 0.25) is 23.6 Å². The number of primary amides is 1. The minimum atomic E-state index is -1.26. The zero-order valence-electron chi connectivity index (χ0n) is 16.2. The van der Waals surface area contributed by atoms with Gasteiger partial charge in [-0.25, -0.2) is 4.79 Å². The van der Waals surface area contributed by atoms with Crippen LogP contribution in [0.15, 0.2) is 0 Å². The van der Waals surface area contributed by atoms with Gasteiger partial charge in [0, 0.05) is 5.75 Å². The Bertz CT molecular complexity index is 604. The van der Waals surface area contributed by atoms with Gasteiger partial charge in [-0.15, -0.1) is 0 Å². The Hall–Kier alpha value is -2.38. The van der Waals surface area contributed by atoms with Crippen LogP contribution in [0.4, 0.5) is 0 Å². The molecule has 0 bridgehead atoms. The van der Waals surface area contributed by atoms with Gasteiger partial charge >= 0.3 is 5.97 Å². The molecule has 29 heavy (non-hydrogen) atoms. The number of hydrogen-bond acceptors (Lipinski definition) is 8. The van der Waals surface area contributed by atoms with Crippen molar-refractivity contribution in [1.82, 2.24) is 16.0 Å². The van der Waals surface area contributed by atoms with Crippen molar-refractivity contribution in [3.05, 3.63) is 0 Å². The van der Waals surface area contributed by atoms with Gasteiger partial charge in [-0.2, -0.15) is 12.6 Å². The number of amides is 4. The van der Waals surface area contributed by atoms with Crippen LogP contribution in [0.2, 0.25) is 0 Å². The number of thiol groups is 1. The molecular weight excluding hydrogens is 404 g/mol. The number of aliphatic carboxylic acids is 1. The molecule has 4 amide bonds. The highest BCUT2D eigenvalue weighted by molar-refractivity contribution is 7.80. The molecule has 0 rings (SSSR count). The van der Waals surface area contributed by atoms with E-state index < -0.39 is 53.8 Å². The normalized spacial score (nSPS) is 14.8. The fourth-order valence-electron chi connectivity index (χ4n) is 2.21. The van der Waals surface area contributed by atoms with Crippen molar-refractivity contribution in [2.45, 2.75) is 56.8 Å². The summed E-state index contributed by atoms with van der Waals surface area (Å²) in [5.41, 5.74) is 16.0. The lowest BCUT2D eigenvalue weighted by molar-refractivity contribution is -0.141. The first kappa shape index (κ1) is 26.6. The standard InChI is InChI=1S/C16H30N6O6S/c1-8(13(24)22-11(7-29)16(27)28)20-15(26)10(4-2-3-5-17)21-14(25)9(18)6-12(19)23/h8-11,29H,2-7,17-18H2,1H3,(H2,19,23)(H,20,26)(H,21,25)(H,22,24)(H,27,28). The Balaban J connectivity index is 5.00. The molecule has 0 saturated heterocycles. The van der Waals surface area contributed by atoms with Crippen LogP contribution in [0.1, 0.15) is 32.6 Å². The van der Waals surface area contributed by atoms with E-state index in [1.54, 1.807) is 0 Å². The number of nitrogens with two attached hydrogens (primary N) is 3. The number of nitrogens with one attached hydrogen (secondary N) is 3. The summed E-state index contributed by atoms with van der Waals surface area (Å²) in [6.45, 7) is 1.75. The lowest BCUT2D eigenvalue weighted by atomic mass is 10.1. The molecule has 13 heteroatoms. The zero-order chi connectivity index (χ0) is 22.6. The first-order chi connectivity index (χ1) is 13.5. The van der Waals surface area contributed by atoms with Crippen molar-refractivity contribution in [3.63, 3.8) is 0 Å². The van der Waals surface area contributed by atoms with Gasteiger partial charge in [0.25, 0.3) is 0 Å². The molecule has 0 aromatic heterocycles. The molecule has 12 nitrogen and oxygen atoms in total. The number of unbranched alkanes of at least 4 members (excludes halogenated alkanes) is 1. The summed E-state index contributed by atoms with van der Waals surface area (Å²) < 4.78 is 0. The second-order valence-corrected chi connectivity index (χ2v) is 6.80. The number of hydrogen-bond donors (Lipinski definition) is 8. The smallest absolute Gasteiger partial charge is 0.327 e. The number of carboxylic acid groups (broad SMARTS) is 1. The van der Waals surface area contributed by atoms with E-state index in [2.05, 4.69) is 28.6 Å². The topological polar surface area (TPSA) is 220 Å². The van der Waals surface area contributed by atoms with Crippen molar-refractivity contribution < 1.29 is 29.1 Å². The van der Waals surface area contributed by atoms with E-state index >= 15 is 0 Å². The minimum absolute atomic E-state index is 0.128. The fourth-order valence-corrected chi connectivity index (χ4v) is 2.46. The predicted molar refractivity (Wildman–Crippen MR) is 108 cm³/mol. The van der Waals surface area contributed by atoms with Crippen molar-refractivity contribution >= 4 is 42.2 Å². The van der Waals surface area contributed by atoms with Gasteiger partial charge < -0.3 is 38.3 Å². The van der Waals surface area contributed by atoms with E-state index in [1.165, 1.54) is 6.92 Å². The van der Waals surface area contributed by atoms with E-state index in [-0.39, 0.29) is 18.6 Å². The summed E-state index contributed by atoms with van der Waals surface area (Å²) in [5.74, 6) is -4.28. The molecule has 4 unspecified atom stereocenters. The molecule has 0 radical (unpaired) electrons. The van der Waals surface area contributed by atoms with Gasteiger partial charge in [0.05, 0.1) is 12.5 Å². The maximum absolute atomic E-state index is 12.5. The third kappa shape index (κ3) is 10.7. The highest BCUT2D eigenvalue weighted by Crippen LogP contribution is 2.03. The summed E-state index contributed by atoms with van der Waals surface area (Å²) in [6, 6.07) is -4.53. The zero-order valence-corrected chi connectivity index (χ0v) is 17.1. The van der Waals surface area contributed by atoms with Crippen LogP contribution in [0.25, 0.3) is 0 Å². The monoisotopic (exact) mass is 434 g/mol. The molecule has 0 saturated carbocycles. The van der Waals surface area contributed by atoms with Crippen LogP contribution in [0.3, 0.4) is 0 Å². The number of carboxylic acids is 1. The third-order valence-corrected chi connectivity index (χ3v) is 4.25. The Morgan fingerprint density at radius 1 is 0.966 bits per heavy atom. The molecular formula is C16H30N6O6S. The highest BCUT2D eigenvalue weighted by atomic mass is 32.1.